The zero-order valence-electron chi connectivity index (χ0n) is 23.3. The van der Waals surface area contributed by atoms with Gasteiger partial charge in [0.25, 0.3) is 0 Å². The molecule has 0 saturated carbocycles. The van der Waals surface area contributed by atoms with Crippen LogP contribution in [0.3, 0.4) is 0 Å². The molecule has 0 radical (unpaired) electrons. The van der Waals surface area contributed by atoms with Gasteiger partial charge in [-0.2, -0.15) is 0 Å². The van der Waals surface area contributed by atoms with Crippen LogP contribution in [0.25, 0.3) is 11.1 Å². The first kappa shape index (κ1) is 29.0. The van der Waals surface area contributed by atoms with Gasteiger partial charge in [0.2, 0.25) is 0 Å². The van der Waals surface area contributed by atoms with E-state index < -0.39 is 22.7 Å². The van der Waals surface area contributed by atoms with Gasteiger partial charge in [-0.3, -0.25) is 19.8 Å². The Hall–Kier alpha value is -4.04. The van der Waals surface area contributed by atoms with Gasteiger partial charge in [-0.1, -0.05) is 94.3 Å². The summed E-state index contributed by atoms with van der Waals surface area (Å²) in [6, 6.07) is 17.5. The average Bonchev–Trinajstić information content (AvgIpc) is 3.31. The first-order valence-corrected chi connectivity index (χ1v) is 14.0. The van der Waals surface area contributed by atoms with Crippen LogP contribution < -0.4 is 9.47 Å². The van der Waals surface area contributed by atoms with Crippen molar-refractivity contribution in [2.45, 2.75) is 65.1 Å². The van der Waals surface area contributed by atoms with E-state index in [-0.39, 0.29) is 23.1 Å². The van der Waals surface area contributed by atoms with E-state index in [0.717, 1.165) is 38.8 Å². The standard InChI is InChI=1S/C32H36N2O6/c1-4-7-19-33(20-8-5-2)26(6-3)39-24-21-25-28(30(34(37)38)32(36)40-25)29(27(24)22-15-11-9-12-16-22)31(35)23-17-13-10-14-18-23/h9-18,21,26,30H,4-8,19-20H2,1-3H3. The maximum absolute atomic E-state index is 14.1. The summed E-state index contributed by atoms with van der Waals surface area (Å²) in [4.78, 5) is 40.6. The van der Waals surface area contributed by atoms with E-state index in [1.54, 1.807) is 36.4 Å². The van der Waals surface area contributed by atoms with Crippen molar-refractivity contribution in [2.24, 2.45) is 0 Å². The predicted octanol–water partition coefficient (Wildman–Crippen LogP) is 6.84. The fourth-order valence-electron chi connectivity index (χ4n) is 5.12. The fraction of sp³-hybridized carbons (Fsp3) is 0.375. The summed E-state index contributed by atoms with van der Waals surface area (Å²) < 4.78 is 12.1. The van der Waals surface area contributed by atoms with Crippen molar-refractivity contribution in [3.63, 3.8) is 0 Å². The quantitative estimate of drug-likeness (QED) is 0.0547. The third-order valence-electron chi connectivity index (χ3n) is 7.15. The van der Waals surface area contributed by atoms with Gasteiger partial charge in [0.15, 0.2) is 12.0 Å². The average molecular weight is 545 g/mol. The monoisotopic (exact) mass is 544 g/mol. The van der Waals surface area contributed by atoms with Gasteiger partial charge >= 0.3 is 12.0 Å². The Morgan fingerprint density at radius 3 is 2.15 bits per heavy atom. The molecule has 2 atom stereocenters. The topological polar surface area (TPSA) is 99.0 Å². The van der Waals surface area contributed by atoms with Crippen molar-refractivity contribution in [3.8, 4) is 22.6 Å². The highest BCUT2D eigenvalue weighted by Crippen LogP contribution is 2.48. The lowest BCUT2D eigenvalue weighted by atomic mass is 9.87. The second-order valence-electron chi connectivity index (χ2n) is 9.93. The molecule has 0 N–H and O–H groups in total. The maximum atomic E-state index is 14.1. The van der Waals surface area contributed by atoms with E-state index in [1.807, 2.05) is 37.3 Å². The minimum atomic E-state index is -1.80. The Morgan fingerprint density at radius 1 is 1.00 bits per heavy atom. The van der Waals surface area contributed by atoms with Gasteiger partial charge in [0, 0.05) is 40.8 Å². The maximum Gasteiger partial charge on any atom is 0.392 e. The Labute approximate surface area is 235 Å². The van der Waals surface area contributed by atoms with Gasteiger partial charge in [-0.15, -0.1) is 0 Å². The number of carbonyl (C=O) groups excluding carboxylic acids is 2. The molecule has 1 heterocycles. The molecular weight excluding hydrogens is 508 g/mol. The number of hydrogen-bond donors (Lipinski definition) is 0. The summed E-state index contributed by atoms with van der Waals surface area (Å²) in [5, 5.41) is 12.1. The van der Waals surface area contributed by atoms with E-state index in [1.165, 1.54) is 0 Å². The summed E-state index contributed by atoms with van der Waals surface area (Å²) in [7, 11) is 0. The van der Waals surface area contributed by atoms with Crippen LogP contribution in [0.15, 0.2) is 66.7 Å². The predicted molar refractivity (Wildman–Crippen MR) is 153 cm³/mol. The van der Waals surface area contributed by atoms with Crippen LogP contribution in [-0.2, 0) is 4.79 Å². The molecule has 3 aromatic carbocycles. The van der Waals surface area contributed by atoms with Crippen LogP contribution >= 0.6 is 0 Å². The zero-order chi connectivity index (χ0) is 28.6. The number of rotatable bonds is 14. The van der Waals surface area contributed by atoms with Crippen molar-refractivity contribution >= 4 is 11.8 Å². The van der Waals surface area contributed by atoms with Gasteiger partial charge in [-0.05, 0) is 24.8 Å². The number of ketones is 1. The van der Waals surface area contributed by atoms with E-state index in [4.69, 9.17) is 9.47 Å². The first-order valence-electron chi connectivity index (χ1n) is 14.0. The number of benzene rings is 3. The third kappa shape index (κ3) is 6.07. The van der Waals surface area contributed by atoms with Crippen LogP contribution in [-0.4, -0.2) is 40.9 Å². The Kier molecular flexibility index (Phi) is 9.66. The molecule has 2 unspecified atom stereocenters. The van der Waals surface area contributed by atoms with Crippen molar-refractivity contribution in [3.05, 3.63) is 93.5 Å². The molecule has 210 valence electrons. The van der Waals surface area contributed by atoms with E-state index in [0.29, 0.717) is 28.9 Å². The van der Waals surface area contributed by atoms with E-state index in [2.05, 4.69) is 18.7 Å². The van der Waals surface area contributed by atoms with Crippen LogP contribution in [0.1, 0.15) is 80.4 Å². The molecule has 1 aliphatic rings. The number of carbonyl (C=O) groups is 2. The highest BCUT2D eigenvalue weighted by Gasteiger charge is 2.48. The SMILES string of the molecule is CCCCN(CCCC)C(CC)Oc1cc2c(c(C(=O)c3ccccc3)c1-c1ccccc1)C([N+](=O)[O-])C(=O)O2. The Morgan fingerprint density at radius 2 is 1.60 bits per heavy atom. The van der Waals surface area contributed by atoms with Crippen LogP contribution in [0.5, 0.6) is 11.5 Å². The first-order chi connectivity index (χ1) is 19.4. The molecule has 0 fully saturated rings. The van der Waals surface area contributed by atoms with Crippen molar-refractivity contribution in [2.75, 3.05) is 13.1 Å². The molecule has 0 spiro atoms. The van der Waals surface area contributed by atoms with Crippen LogP contribution in [0.2, 0.25) is 0 Å². The molecule has 3 aromatic rings. The molecule has 40 heavy (non-hydrogen) atoms. The van der Waals surface area contributed by atoms with Crippen LogP contribution in [0, 0.1) is 10.1 Å². The van der Waals surface area contributed by atoms with E-state index >= 15 is 0 Å². The Balaban J connectivity index is 1.96. The van der Waals surface area contributed by atoms with Gasteiger partial charge < -0.3 is 9.47 Å². The summed E-state index contributed by atoms with van der Waals surface area (Å²) in [5.41, 5.74) is 1.45. The fourth-order valence-corrected chi connectivity index (χ4v) is 5.12. The second kappa shape index (κ2) is 13.3. The van der Waals surface area contributed by atoms with Crippen molar-refractivity contribution in [1.82, 2.24) is 4.90 Å². The second-order valence-corrected chi connectivity index (χ2v) is 9.93. The van der Waals surface area contributed by atoms with Gasteiger partial charge in [-0.25, -0.2) is 4.79 Å². The van der Waals surface area contributed by atoms with Crippen LogP contribution in [0.4, 0.5) is 0 Å². The molecule has 8 heteroatoms. The number of ether oxygens (including phenoxy) is 2. The molecule has 0 saturated heterocycles. The lowest BCUT2D eigenvalue weighted by Gasteiger charge is -2.32. The molecule has 0 bridgehead atoms. The molecule has 1 aliphatic heterocycles. The number of nitro groups is 1. The van der Waals surface area contributed by atoms with E-state index in [9.17, 15) is 19.7 Å². The highest BCUT2D eigenvalue weighted by atomic mass is 16.6. The minimum Gasteiger partial charge on any atom is -0.474 e. The highest BCUT2D eigenvalue weighted by molar-refractivity contribution is 6.16. The molecular formula is C32H36N2O6. The lowest BCUT2D eigenvalue weighted by Crippen LogP contribution is -2.40. The molecule has 0 aromatic heterocycles. The summed E-state index contributed by atoms with van der Waals surface area (Å²) in [6.45, 7) is 8.05. The number of esters is 1. The smallest absolute Gasteiger partial charge is 0.392 e. The number of unbranched alkanes of at least 4 members (excludes halogenated alkanes) is 2. The van der Waals surface area contributed by atoms with Gasteiger partial charge in [0.1, 0.15) is 11.5 Å². The molecule has 0 amide bonds. The number of fused-ring (bicyclic) bond motifs is 1. The number of nitrogens with zero attached hydrogens (tertiary/aromatic N) is 2. The Bertz CT molecular complexity index is 1330. The molecule has 0 aliphatic carbocycles. The normalized spacial score (nSPS) is 15.0. The summed E-state index contributed by atoms with van der Waals surface area (Å²) >= 11 is 0. The van der Waals surface area contributed by atoms with Crippen molar-refractivity contribution < 1.29 is 24.0 Å². The third-order valence-corrected chi connectivity index (χ3v) is 7.15. The van der Waals surface area contributed by atoms with Gasteiger partial charge in [0.05, 0.1) is 5.56 Å². The molecule has 4 rings (SSSR count). The summed E-state index contributed by atoms with van der Waals surface area (Å²) in [5.74, 6) is -1.11. The molecule has 8 nitrogen and oxygen atoms in total. The lowest BCUT2D eigenvalue weighted by molar-refractivity contribution is -0.513. The minimum absolute atomic E-state index is 0.0100. The largest absolute Gasteiger partial charge is 0.474 e. The van der Waals surface area contributed by atoms with Crippen molar-refractivity contribution in [1.29, 1.82) is 0 Å². The summed E-state index contributed by atoms with van der Waals surface area (Å²) in [6.07, 6.45) is 4.49. The zero-order valence-corrected chi connectivity index (χ0v) is 23.3. The number of hydrogen-bond acceptors (Lipinski definition) is 7.